The molecule has 0 bridgehead atoms. The predicted molar refractivity (Wildman–Crippen MR) is 81.3 cm³/mol. The standard InChI is InChI=1S/C14H15ClF3N5O3/c1-7-11(15)12(14(16,17)18)20-23(7)5-10(24)22-3-4-25-6-9(22)13-19-8(2)26-21-13/h9H,3-6H2,1-2H3. The molecule has 1 amide bonds. The molecule has 3 rings (SSSR count). The molecule has 1 atom stereocenters. The third kappa shape index (κ3) is 3.54. The Kier molecular flexibility index (Phi) is 4.93. The van der Waals surface area contributed by atoms with Gasteiger partial charge in [-0.3, -0.25) is 9.48 Å². The summed E-state index contributed by atoms with van der Waals surface area (Å²) < 4.78 is 50.0. The van der Waals surface area contributed by atoms with Gasteiger partial charge in [-0.25, -0.2) is 0 Å². The quantitative estimate of drug-likeness (QED) is 0.794. The summed E-state index contributed by atoms with van der Waals surface area (Å²) in [7, 11) is 0. The number of alkyl halides is 3. The number of amides is 1. The highest BCUT2D eigenvalue weighted by atomic mass is 35.5. The molecule has 1 saturated heterocycles. The summed E-state index contributed by atoms with van der Waals surface area (Å²) in [4.78, 5) is 18.2. The second kappa shape index (κ2) is 6.88. The van der Waals surface area contributed by atoms with E-state index in [2.05, 4.69) is 15.2 Å². The van der Waals surface area contributed by atoms with Gasteiger partial charge in [-0.15, -0.1) is 0 Å². The minimum Gasteiger partial charge on any atom is -0.377 e. The van der Waals surface area contributed by atoms with Crippen molar-refractivity contribution < 1.29 is 27.2 Å². The van der Waals surface area contributed by atoms with Crippen LogP contribution in [0, 0.1) is 13.8 Å². The Morgan fingerprint density at radius 2 is 2.12 bits per heavy atom. The van der Waals surface area contributed by atoms with Gasteiger partial charge in [0, 0.05) is 13.5 Å². The molecule has 0 radical (unpaired) electrons. The van der Waals surface area contributed by atoms with Gasteiger partial charge in [0.1, 0.15) is 12.6 Å². The highest BCUT2D eigenvalue weighted by molar-refractivity contribution is 6.32. The van der Waals surface area contributed by atoms with Crippen molar-refractivity contribution in [2.45, 2.75) is 32.6 Å². The summed E-state index contributed by atoms with van der Waals surface area (Å²) >= 11 is 5.71. The van der Waals surface area contributed by atoms with E-state index in [-0.39, 0.29) is 24.7 Å². The molecule has 1 aliphatic heterocycles. The fourth-order valence-corrected chi connectivity index (χ4v) is 2.89. The smallest absolute Gasteiger partial charge is 0.377 e. The van der Waals surface area contributed by atoms with Crippen LogP contribution in [0.2, 0.25) is 5.02 Å². The normalized spacial score (nSPS) is 18.4. The molecule has 1 unspecified atom stereocenters. The van der Waals surface area contributed by atoms with E-state index in [0.29, 0.717) is 12.5 Å². The fraction of sp³-hybridized carbons (Fsp3) is 0.571. The first-order chi connectivity index (χ1) is 12.2. The number of carbonyl (C=O) groups is 1. The SMILES string of the molecule is Cc1nc(C2COCCN2C(=O)Cn2nc(C(F)(F)F)c(Cl)c2C)no1. The van der Waals surface area contributed by atoms with Crippen LogP contribution in [0.5, 0.6) is 0 Å². The zero-order valence-electron chi connectivity index (χ0n) is 13.9. The first-order valence-electron chi connectivity index (χ1n) is 7.66. The van der Waals surface area contributed by atoms with Crippen molar-refractivity contribution in [3.05, 3.63) is 28.1 Å². The lowest BCUT2D eigenvalue weighted by Gasteiger charge is -2.33. The van der Waals surface area contributed by atoms with Crippen molar-refractivity contribution in [1.29, 1.82) is 0 Å². The first-order valence-corrected chi connectivity index (χ1v) is 8.03. The van der Waals surface area contributed by atoms with Crippen molar-refractivity contribution in [1.82, 2.24) is 24.8 Å². The minimum atomic E-state index is -4.69. The molecule has 0 N–H and O–H groups in total. The summed E-state index contributed by atoms with van der Waals surface area (Å²) in [5, 5.41) is 6.73. The molecule has 1 fully saturated rings. The largest absolute Gasteiger partial charge is 0.436 e. The second-order valence-electron chi connectivity index (χ2n) is 5.75. The Labute approximate surface area is 150 Å². The fourth-order valence-electron chi connectivity index (χ4n) is 2.64. The number of aryl methyl sites for hydroxylation is 1. The zero-order valence-corrected chi connectivity index (χ0v) is 14.6. The molecule has 0 saturated carbocycles. The highest BCUT2D eigenvalue weighted by Crippen LogP contribution is 2.35. The van der Waals surface area contributed by atoms with Gasteiger partial charge in [-0.05, 0) is 6.92 Å². The van der Waals surface area contributed by atoms with Gasteiger partial charge in [-0.1, -0.05) is 16.8 Å². The Bertz CT molecular complexity index is 819. The van der Waals surface area contributed by atoms with Crippen LogP contribution in [0.15, 0.2) is 4.52 Å². The van der Waals surface area contributed by atoms with Gasteiger partial charge >= 0.3 is 6.18 Å². The minimum absolute atomic E-state index is 0.0626. The Balaban J connectivity index is 1.82. The maximum atomic E-state index is 12.9. The number of morpholine rings is 1. The Morgan fingerprint density at radius 3 is 2.69 bits per heavy atom. The number of nitrogens with zero attached hydrogens (tertiary/aromatic N) is 5. The molecule has 26 heavy (non-hydrogen) atoms. The van der Waals surface area contributed by atoms with E-state index in [1.165, 1.54) is 11.8 Å². The predicted octanol–water partition coefficient (Wildman–Crippen LogP) is 2.16. The van der Waals surface area contributed by atoms with Gasteiger partial charge in [0.05, 0.1) is 23.9 Å². The third-order valence-corrected chi connectivity index (χ3v) is 4.43. The molecule has 2 aromatic heterocycles. The number of hydrogen-bond donors (Lipinski definition) is 0. The lowest BCUT2D eigenvalue weighted by Crippen LogP contribution is -2.45. The Hall–Kier alpha value is -2.14. The number of ether oxygens (including phenoxy) is 1. The number of halogens is 4. The van der Waals surface area contributed by atoms with Crippen LogP contribution < -0.4 is 0 Å². The van der Waals surface area contributed by atoms with Crippen molar-refractivity contribution in [3.63, 3.8) is 0 Å². The van der Waals surface area contributed by atoms with Crippen molar-refractivity contribution >= 4 is 17.5 Å². The van der Waals surface area contributed by atoms with Crippen LogP contribution in [-0.4, -0.2) is 50.5 Å². The van der Waals surface area contributed by atoms with Crippen LogP contribution in [0.3, 0.4) is 0 Å². The molecule has 8 nitrogen and oxygen atoms in total. The number of hydrogen-bond acceptors (Lipinski definition) is 6. The van der Waals surface area contributed by atoms with Crippen LogP contribution in [0.1, 0.15) is 29.1 Å². The number of aromatic nitrogens is 4. The van der Waals surface area contributed by atoms with Crippen molar-refractivity contribution in [2.24, 2.45) is 0 Å². The summed E-state index contributed by atoms with van der Waals surface area (Å²) in [6.07, 6.45) is -4.69. The molecular formula is C14H15ClF3N5O3. The van der Waals surface area contributed by atoms with Gasteiger partial charge in [0.2, 0.25) is 11.8 Å². The molecule has 0 aliphatic carbocycles. The summed E-state index contributed by atoms with van der Waals surface area (Å²) in [5.74, 6) is 0.168. The number of carbonyl (C=O) groups excluding carboxylic acids is 1. The molecule has 1 aliphatic rings. The molecular weight excluding hydrogens is 379 g/mol. The average Bonchev–Trinajstić information content (AvgIpc) is 3.13. The third-order valence-electron chi connectivity index (χ3n) is 3.98. The van der Waals surface area contributed by atoms with Crippen LogP contribution in [0.25, 0.3) is 0 Å². The monoisotopic (exact) mass is 393 g/mol. The lowest BCUT2D eigenvalue weighted by atomic mass is 10.2. The molecule has 0 aromatic carbocycles. The van der Waals surface area contributed by atoms with E-state index in [4.69, 9.17) is 20.9 Å². The highest BCUT2D eigenvalue weighted by Gasteiger charge is 2.39. The van der Waals surface area contributed by atoms with Crippen LogP contribution in [-0.2, 0) is 22.3 Å². The van der Waals surface area contributed by atoms with Crippen molar-refractivity contribution in [2.75, 3.05) is 19.8 Å². The molecule has 12 heteroatoms. The van der Waals surface area contributed by atoms with E-state index in [0.717, 1.165) is 4.68 Å². The van der Waals surface area contributed by atoms with Gasteiger partial charge in [0.25, 0.3) is 0 Å². The first kappa shape index (κ1) is 18.6. The van der Waals surface area contributed by atoms with Crippen LogP contribution >= 0.6 is 11.6 Å². The van der Waals surface area contributed by atoms with E-state index in [9.17, 15) is 18.0 Å². The van der Waals surface area contributed by atoms with Crippen molar-refractivity contribution in [3.8, 4) is 0 Å². The maximum absolute atomic E-state index is 12.9. The lowest BCUT2D eigenvalue weighted by molar-refractivity contribution is -0.144. The van der Waals surface area contributed by atoms with Gasteiger partial charge < -0.3 is 14.2 Å². The van der Waals surface area contributed by atoms with E-state index in [1.54, 1.807) is 6.92 Å². The summed E-state index contributed by atoms with van der Waals surface area (Å²) in [5.41, 5.74) is -1.15. The molecule has 2 aromatic rings. The molecule has 0 spiro atoms. The second-order valence-corrected chi connectivity index (χ2v) is 6.13. The van der Waals surface area contributed by atoms with Gasteiger partial charge in [-0.2, -0.15) is 23.3 Å². The topological polar surface area (TPSA) is 86.3 Å². The van der Waals surface area contributed by atoms with E-state index < -0.39 is 35.4 Å². The summed E-state index contributed by atoms with van der Waals surface area (Å²) in [6, 6.07) is -0.581. The Morgan fingerprint density at radius 1 is 1.38 bits per heavy atom. The van der Waals surface area contributed by atoms with E-state index in [1.807, 2.05) is 0 Å². The zero-order chi connectivity index (χ0) is 19.1. The van der Waals surface area contributed by atoms with E-state index >= 15 is 0 Å². The van der Waals surface area contributed by atoms with Crippen LogP contribution in [0.4, 0.5) is 13.2 Å². The summed E-state index contributed by atoms with van der Waals surface area (Å²) in [6.45, 7) is 3.30. The molecule has 142 valence electrons. The average molecular weight is 394 g/mol. The van der Waals surface area contributed by atoms with Gasteiger partial charge in [0.15, 0.2) is 11.5 Å². The maximum Gasteiger partial charge on any atom is 0.436 e. The number of rotatable bonds is 3. The molecule has 3 heterocycles.